The molecule has 1 heterocycles. The van der Waals surface area contributed by atoms with Crippen molar-refractivity contribution in [3.63, 3.8) is 0 Å². The molecule has 0 atom stereocenters. The van der Waals surface area contributed by atoms with Gasteiger partial charge in [0.15, 0.2) is 0 Å². The third-order valence-corrected chi connectivity index (χ3v) is 8.47. The van der Waals surface area contributed by atoms with Crippen molar-refractivity contribution in [1.82, 2.24) is 0 Å². The summed E-state index contributed by atoms with van der Waals surface area (Å²) >= 11 is 0. The second kappa shape index (κ2) is 10.5. The lowest BCUT2D eigenvalue weighted by Gasteiger charge is -2.22. The van der Waals surface area contributed by atoms with E-state index in [4.69, 9.17) is 0 Å². The van der Waals surface area contributed by atoms with Crippen LogP contribution in [0, 0.1) is 0 Å². The molecule has 2 aromatic carbocycles. The molecule has 0 aromatic heterocycles. The van der Waals surface area contributed by atoms with Crippen LogP contribution in [0.2, 0.25) is 0 Å². The predicted molar refractivity (Wildman–Crippen MR) is 147 cm³/mol. The molecule has 37 heavy (non-hydrogen) atoms. The van der Waals surface area contributed by atoms with Crippen LogP contribution < -0.4 is 4.90 Å². The maximum absolute atomic E-state index is 12.0. The molecule has 0 saturated heterocycles. The molecule has 0 aliphatic carbocycles. The first kappa shape index (κ1) is 29.3. The Morgan fingerprint density at radius 3 is 1.35 bits per heavy atom. The van der Waals surface area contributed by atoms with Gasteiger partial charge in [-0.2, -0.15) is 16.8 Å². The van der Waals surface area contributed by atoms with Crippen molar-refractivity contribution in [3.05, 3.63) is 46.5 Å². The van der Waals surface area contributed by atoms with Crippen LogP contribution in [0.25, 0.3) is 0 Å². The van der Waals surface area contributed by atoms with Gasteiger partial charge in [0.25, 0.3) is 20.2 Å². The van der Waals surface area contributed by atoms with E-state index in [1.54, 1.807) is 24.3 Å². The lowest BCUT2D eigenvalue weighted by atomic mass is 9.92. The highest BCUT2D eigenvalue weighted by Gasteiger charge is 2.33. The van der Waals surface area contributed by atoms with Gasteiger partial charge in [0.05, 0.1) is 9.79 Å². The highest BCUT2D eigenvalue weighted by molar-refractivity contribution is 7.86. The monoisotopic (exact) mass is 551 g/mol. The number of hydrogen-bond acceptors (Lipinski definition) is 5. The van der Waals surface area contributed by atoms with E-state index in [-0.39, 0.29) is 33.5 Å². The highest BCUT2D eigenvalue weighted by Crippen LogP contribution is 2.41. The minimum atomic E-state index is -4.36. The second-order valence-corrected chi connectivity index (χ2v) is 13.8. The van der Waals surface area contributed by atoms with Gasteiger partial charge in [0.1, 0.15) is 24.5 Å². The highest BCUT2D eigenvalue weighted by atomic mass is 32.2. The Hall–Kier alpha value is -2.27. The van der Waals surface area contributed by atoms with Crippen LogP contribution in [0.3, 0.4) is 0 Å². The van der Waals surface area contributed by atoms with Crippen LogP contribution in [-0.2, 0) is 20.2 Å². The molecule has 2 N–H and O–H groups in total. The van der Waals surface area contributed by atoms with Crippen LogP contribution in [0.4, 0.5) is 11.4 Å². The van der Waals surface area contributed by atoms with Crippen molar-refractivity contribution < 1.29 is 30.5 Å². The van der Waals surface area contributed by atoms with Crippen molar-refractivity contribution in [2.24, 2.45) is 0 Å². The predicted octanol–water partition coefficient (Wildman–Crippen LogP) is 5.87. The third kappa shape index (κ3) is 6.08. The van der Waals surface area contributed by atoms with Gasteiger partial charge >= 0.3 is 0 Å². The van der Waals surface area contributed by atoms with E-state index < -0.39 is 20.2 Å². The van der Waals surface area contributed by atoms with E-state index in [0.29, 0.717) is 13.1 Å². The van der Waals surface area contributed by atoms with E-state index in [1.165, 1.54) is 0 Å². The van der Waals surface area contributed by atoms with Gasteiger partial charge in [0, 0.05) is 22.3 Å². The van der Waals surface area contributed by atoms with Crippen LogP contribution in [-0.4, -0.2) is 49.9 Å². The van der Waals surface area contributed by atoms with E-state index >= 15 is 0 Å². The van der Waals surface area contributed by atoms with Crippen LogP contribution in [0.15, 0.2) is 34.1 Å². The minimum absolute atomic E-state index is 0.00291. The first-order valence-corrected chi connectivity index (χ1v) is 15.5. The Bertz CT molecular complexity index is 1380. The fourth-order valence-corrected chi connectivity index (χ4v) is 5.97. The first-order valence-electron chi connectivity index (χ1n) is 12.6. The van der Waals surface area contributed by atoms with Crippen molar-refractivity contribution in [2.75, 3.05) is 18.0 Å². The molecule has 0 fully saturated rings. The zero-order valence-electron chi connectivity index (χ0n) is 22.8. The summed E-state index contributed by atoms with van der Waals surface area (Å²) in [6, 6.07) is 6.21. The molecule has 0 saturated carbocycles. The first-order chi connectivity index (χ1) is 16.9. The van der Waals surface area contributed by atoms with Crippen molar-refractivity contribution in [2.45, 2.75) is 88.9 Å². The van der Waals surface area contributed by atoms with Gasteiger partial charge in [-0.1, -0.05) is 55.4 Å². The maximum Gasteiger partial charge on any atom is 0.294 e. The van der Waals surface area contributed by atoms with Crippen LogP contribution in [0.5, 0.6) is 0 Å². The van der Waals surface area contributed by atoms with E-state index in [9.17, 15) is 25.9 Å². The molecule has 0 amide bonds. The smallest absolute Gasteiger partial charge is 0.282 e. The van der Waals surface area contributed by atoms with Gasteiger partial charge in [-0.3, -0.25) is 9.11 Å². The summed E-state index contributed by atoms with van der Waals surface area (Å²) in [5.74, 6) is 0.0116. The fraction of sp³-hybridized carbons (Fsp3) is 0.519. The summed E-state index contributed by atoms with van der Waals surface area (Å²) in [5, 5.41) is 0. The number of benzene rings is 2. The summed E-state index contributed by atoms with van der Waals surface area (Å²) in [6.07, 6.45) is 2.00. The topological polar surface area (TPSA) is 115 Å². The number of anilines is 1. The van der Waals surface area contributed by atoms with Crippen molar-refractivity contribution in [3.8, 4) is 0 Å². The Kier molecular flexibility index (Phi) is 8.29. The van der Waals surface area contributed by atoms with Crippen molar-refractivity contribution >= 4 is 37.9 Å². The maximum atomic E-state index is 12.0. The summed E-state index contributed by atoms with van der Waals surface area (Å²) in [4.78, 5) is 1.90. The number of hydrogen-bond donors (Lipinski definition) is 2. The fourth-order valence-electron chi connectivity index (χ4n) is 4.86. The molecule has 1 aliphatic heterocycles. The average molecular weight is 552 g/mol. The summed E-state index contributed by atoms with van der Waals surface area (Å²) in [6.45, 7) is 17.2. The Morgan fingerprint density at radius 2 is 1.03 bits per heavy atom. The summed E-state index contributed by atoms with van der Waals surface area (Å²) in [7, 11) is -8.73. The summed E-state index contributed by atoms with van der Waals surface area (Å²) in [5.41, 5.74) is 5.15. The quantitative estimate of drug-likeness (QED) is 0.312. The Balaban J connectivity index is 2.30. The SMILES string of the molecule is CC(C)c1cc(S(=O)(=O)O)cc(C(C)C)c1N1C=[N+](c2c(C(C)C)cc(S(=O)(=O)O)cc2C(C)C)CC1. The third-order valence-electron chi connectivity index (χ3n) is 6.80. The molecule has 1 aliphatic rings. The Morgan fingerprint density at radius 1 is 0.676 bits per heavy atom. The normalized spacial score (nSPS) is 15.0. The van der Waals surface area contributed by atoms with Crippen LogP contribution >= 0.6 is 0 Å². The lowest BCUT2D eigenvalue weighted by Crippen LogP contribution is -2.23. The van der Waals surface area contributed by atoms with Gasteiger partial charge in [-0.15, -0.1) is 0 Å². The molecule has 0 bridgehead atoms. The molecule has 0 spiro atoms. The van der Waals surface area contributed by atoms with Crippen LogP contribution in [0.1, 0.15) is 101 Å². The molecule has 0 radical (unpaired) electrons. The second-order valence-electron chi connectivity index (χ2n) is 11.0. The van der Waals surface area contributed by atoms with Crippen molar-refractivity contribution in [1.29, 1.82) is 0 Å². The molecule has 2 aromatic rings. The van der Waals surface area contributed by atoms with E-state index in [1.807, 2.05) is 61.7 Å². The molecule has 8 nitrogen and oxygen atoms in total. The average Bonchev–Trinajstić information content (AvgIpc) is 3.25. The largest absolute Gasteiger partial charge is 0.294 e. The lowest BCUT2D eigenvalue weighted by molar-refractivity contribution is -0.425. The standard InChI is InChI=1S/C27H38N2O6S2/c1-16(2)22-11-20(36(30,31)32)12-23(17(3)4)26(22)28-9-10-29(15-28)27-24(18(5)6)13-21(37(33,34)35)14-25(27)19(7)8/h11-19H,9-10H2,1-8H3,(H-,30,31,32,33,34,35)/p+1. The minimum Gasteiger partial charge on any atom is -0.282 e. The van der Waals surface area contributed by atoms with Gasteiger partial charge < -0.3 is 0 Å². The van der Waals surface area contributed by atoms with Gasteiger partial charge in [-0.25, -0.2) is 9.48 Å². The molecule has 204 valence electrons. The number of nitrogens with zero attached hydrogens (tertiary/aromatic N) is 2. The molecule has 0 unspecified atom stereocenters. The molecule has 3 rings (SSSR count). The Labute approximate surface area is 221 Å². The van der Waals surface area contributed by atoms with Gasteiger partial charge in [-0.05, 0) is 47.9 Å². The molecule has 10 heteroatoms. The number of rotatable bonds is 8. The zero-order valence-corrected chi connectivity index (χ0v) is 24.5. The zero-order chi connectivity index (χ0) is 28.0. The van der Waals surface area contributed by atoms with E-state index in [0.717, 1.165) is 33.6 Å². The summed E-state index contributed by atoms with van der Waals surface area (Å²) < 4.78 is 69.7. The van der Waals surface area contributed by atoms with Gasteiger partial charge in [0.2, 0.25) is 6.34 Å². The molecular weight excluding hydrogens is 512 g/mol. The molecular formula is C27H39N2O6S2+. The van der Waals surface area contributed by atoms with E-state index in [2.05, 4.69) is 9.48 Å².